The Labute approximate surface area is 124 Å². The van der Waals surface area contributed by atoms with Gasteiger partial charge in [0.05, 0.1) is 17.6 Å². The predicted molar refractivity (Wildman–Crippen MR) is 72.6 cm³/mol. The Morgan fingerprint density at radius 1 is 1.35 bits per heavy atom. The van der Waals surface area contributed by atoms with E-state index in [-0.39, 0.29) is 5.69 Å². The fourth-order valence-corrected chi connectivity index (χ4v) is 1.62. The van der Waals surface area contributed by atoms with Crippen LogP contribution >= 0.6 is 23.2 Å². The maximum Gasteiger partial charge on any atom is 0.269 e. The monoisotopic (exact) mass is 322 g/mol. The molecule has 0 radical (unpaired) electrons. The number of aliphatic hydroxyl groups excluding tert-OH is 2. The van der Waals surface area contributed by atoms with E-state index in [1.807, 2.05) is 0 Å². The second-order valence-corrected chi connectivity index (χ2v) is 4.99. The summed E-state index contributed by atoms with van der Waals surface area (Å²) in [6.45, 7) is -0.551. The average molecular weight is 323 g/mol. The highest BCUT2D eigenvalue weighted by Crippen LogP contribution is 2.20. The van der Waals surface area contributed by atoms with Gasteiger partial charge in [-0.3, -0.25) is 14.9 Å². The van der Waals surface area contributed by atoms with E-state index in [9.17, 15) is 20.0 Å². The number of rotatable bonds is 6. The number of nitrogens with zero attached hydrogens (tertiary/aromatic N) is 1. The van der Waals surface area contributed by atoms with Crippen molar-refractivity contribution in [3.05, 3.63) is 39.9 Å². The number of non-ortho nitro benzene ring substituents is 1. The van der Waals surface area contributed by atoms with Crippen molar-refractivity contribution in [1.29, 1.82) is 0 Å². The Hall–Kier alpha value is -1.41. The quantitative estimate of drug-likeness (QED) is 0.409. The molecule has 1 aromatic carbocycles. The summed E-state index contributed by atoms with van der Waals surface area (Å²) < 4.78 is 0. The van der Waals surface area contributed by atoms with E-state index in [2.05, 4.69) is 5.32 Å². The number of hydrogen-bond acceptors (Lipinski definition) is 5. The number of nitro benzene ring substituents is 1. The Morgan fingerprint density at radius 3 is 2.30 bits per heavy atom. The topological polar surface area (TPSA) is 113 Å². The summed E-state index contributed by atoms with van der Waals surface area (Å²) in [6.07, 6.45) is -1.25. The molecule has 1 unspecified atom stereocenters. The summed E-state index contributed by atoms with van der Waals surface area (Å²) in [5.74, 6) is -0.756. The number of nitrogens with one attached hydrogen (secondary N) is 1. The van der Waals surface area contributed by atoms with Gasteiger partial charge in [0.15, 0.2) is 4.84 Å². The van der Waals surface area contributed by atoms with Crippen molar-refractivity contribution in [2.45, 2.75) is 17.0 Å². The Balaban J connectivity index is 2.82. The molecule has 0 spiro atoms. The lowest BCUT2D eigenvalue weighted by atomic mass is 10.0. The van der Waals surface area contributed by atoms with Crippen LogP contribution in [0.2, 0.25) is 0 Å². The number of carbonyl (C=O) groups excluding carboxylic acids is 1. The molecule has 0 aromatic heterocycles. The largest absolute Gasteiger partial charge is 0.394 e. The van der Waals surface area contributed by atoms with Crippen LogP contribution < -0.4 is 5.32 Å². The van der Waals surface area contributed by atoms with Gasteiger partial charge in [0.2, 0.25) is 0 Å². The zero-order chi connectivity index (χ0) is 15.3. The van der Waals surface area contributed by atoms with Crippen LogP contribution in [-0.4, -0.2) is 38.5 Å². The fraction of sp³-hybridized carbons (Fsp3) is 0.364. The SMILES string of the molecule is O=C(NC(CO)[C@@H](O)c1ccc([N+](=O)[O-])cc1)C(Cl)Cl. The highest BCUT2D eigenvalue weighted by atomic mass is 35.5. The van der Waals surface area contributed by atoms with Crippen molar-refractivity contribution in [3.63, 3.8) is 0 Å². The number of benzene rings is 1. The first-order chi connectivity index (χ1) is 9.36. The lowest BCUT2D eigenvalue weighted by Crippen LogP contribution is -2.44. The molecule has 0 aliphatic heterocycles. The van der Waals surface area contributed by atoms with Crippen molar-refractivity contribution in [3.8, 4) is 0 Å². The molecule has 20 heavy (non-hydrogen) atoms. The normalized spacial score (nSPS) is 13.8. The molecule has 2 atom stereocenters. The van der Waals surface area contributed by atoms with E-state index >= 15 is 0 Å². The minimum absolute atomic E-state index is 0.132. The molecular formula is C11H12Cl2N2O5. The smallest absolute Gasteiger partial charge is 0.269 e. The summed E-state index contributed by atoms with van der Waals surface area (Å²) in [7, 11) is 0. The van der Waals surface area contributed by atoms with E-state index in [0.29, 0.717) is 5.56 Å². The van der Waals surface area contributed by atoms with Gasteiger partial charge in [-0.15, -0.1) is 0 Å². The standard InChI is InChI=1S/C11H12Cl2N2O5/c12-10(13)11(18)14-8(5-16)9(17)6-1-3-7(4-2-6)15(19)20/h1-4,8-10,16-17H,5H2,(H,14,18)/t8?,9-/m0/s1. The van der Waals surface area contributed by atoms with Gasteiger partial charge in [-0.05, 0) is 17.7 Å². The maximum atomic E-state index is 11.3. The number of nitro groups is 1. The number of halogens is 2. The van der Waals surface area contributed by atoms with Gasteiger partial charge in [-0.2, -0.15) is 0 Å². The van der Waals surface area contributed by atoms with Gasteiger partial charge in [0.1, 0.15) is 6.10 Å². The molecule has 0 saturated carbocycles. The molecular weight excluding hydrogens is 311 g/mol. The first kappa shape index (κ1) is 16.6. The van der Waals surface area contributed by atoms with Crippen LogP contribution in [0.25, 0.3) is 0 Å². The third kappa shape index (κ3) is 4.31. The second-order valence-electron chi connectivity index (χ2n) is 3.89. The van der Waals surface area contributed by atoms with Gasteiger partial charge in [0, 0.05) is 12.1 Å². The summed E-state index contributed by atoms with van der Waals surface area (Å²) in [6, 6.07) is 4.05. The summed E-state index contributed by atoms with van der Waals surface area (Å²) in [5.41, 5.74) is 0.169. The average Bonchev–Trinajstić information content (AvgIpc) is 2.43. The third-order valence-corrected chi connectivity index (χ3v) is 2.95. The molecule has 7 nitrogen and oxygen atoms in total. The second kappa shape index (κ2) is 7.39. The number of carbonyl (C=O) groups is 1. The first-order valence-electron chi connectivity index (χ1n) is 5.48. The highest BCUT2D eigenvalue weighted by molar-refractivity contribution is 6.53. The number of hydrogen-bond donors (Lipinski definition) is 3. The van der Waals surface area contributed by atoms with Crippen LogP contribution in [0.1, 0.15) is 11.7 Å². The van der Waals surface area contributed by atoms with Crippen molar-refractivity contribution in [2.75, 3.05) is 6.61 Å². The number of alkyl halides is 2. The van der Waals surface area contributed by atoms with E-state index in [4.69, 9.17) is 28.3 Å². The molecule has 0 aliphatic rings. The lowest BCUT2D eigenvalue weighted by Gasteiger charge is -2.22. The van der Waals surface area contributed by atoms with Crippen LogP contribution in [-0.2, 0) is 4.79 Å². The maximum absolute atomic E-state index is 11.3. The first-order valence-corrected chi connectivity index (χ1v) is 6.36. The van der Waals surface area contributed by atoms with Crippen LogP contribution in [0.4, 0.5) is 5.69 Å². The van der Waals surface area contributed by atoms with E-state index in [1.165, 1.54) is 24.3 Å². The van der Waals surface area contributed by atoms with Crippen LogP contribution in [0.5, 0.6) is 0 Å². The van der Waals surface area contributed by atoms with Crippen molar-refractivity contribution in [1.82, 2.24) is 5.32 Å². The summed E-state index contributed by atoms with van der Waals surface area (Å²) in [5, 5.41) is 31.9. The highest BCUT2D eigenvalue weighted by Gasteiger charge is 2.24. The predicted octanol–water partition coefficient (Wildman–Crippen LogP) is 0.909. The van der Waals surface area contributed by atoms with Crippen LogP contribution in [0.3, 0.4) is 0 Å². The Bertz CT molecular complexity index is 480. The summed E-state index contributed by atoms with van der Waals surface area (Å²) >= 11 is 10.7. The Kier molecular flexibility index (Phi) is 6.15. The van der Waals surface area contributed by atoms with Crippen molar-refractivity contribution >= 4 is 34.8 Å². The van der Waals surface area contributed by atoms with Gasteiger partial charge < -0.3 is 15.5 Å². The molecule has 0 fully saturated rings. The van der Waals surface area contributed by atoms with Gasteiger partial charge in [0.25, 0.3) is 11.6 Å². The number of aliphatic hydroxyl groups is 2. The molecule has 1 amide bonds. The molecule has 0 aliphatic carbocycles. The molecule has 1 aromatic rings. The zero-order valence-corrected chi connectivity index (χ0v) is 11.6. The lowest BCUT2D eigenvalue weighted by molar-refractivity contribution is -0.384. The summed E-state index contributed by atoms with van der Waals surface area (Å²) in [4.78, 5) is 19.9. The van der Waals surface area contributed by atoms with E-state index in [1.54, 1.807) is 0 Å². The molecule has 9 heteroatoms. The number of amides is 1. The fourth-order valence-electron chi connectivity index (χ4n) is 1.50. The van der Waals surface area contributed by atoms with E-state index < -0.39 is 34.4 Å². The molecule has 0 heterocycles. The van der Waals surface area contributed by atoms with Gasteiger partial charge in [-0.1, -0.05) is 23.2 Å². The van der Waals surface area contributed by atoms with Crippen LogP contribution in [0.15, 0.2) is 24.3 Å². The van der Waals surface area contributed by atoms with Crippen molar-refractivity contribution < 1.29 is 19.9 Å². The molecule has 0 saturated heterocycles. The van der Waals surface area contributed by atoms with Gasteiger partial charge in [-0.25, -0.2) is 0 Å². The zero-order valence-electron chi connectivity index (χ0n) is 10.1. The molecule has 1 rings (SSSR count). The molecule has 0 bridgehead atoms. The Morgan fingerprint density at radius 2 is 1.90 bits per heavy atom. The minimum atomic E-state index is -1.33. The van der Waals surface area contributed by atoms with E-state index in [0.717, 1.165) is 0 Å². The molecule has 110 valence electrons. The third-order valence-electron chi connectivity index (χ3n) is 2.55. The van der Waals surface area contributed by atoms with Gasteiger partial charge >= 0.3 is 0 Å². The van der Waals surface area contributed by atoms with Crippen LogP contribution in [0, 0.1) is 10.1 Å². The molecule has 3 N–H and O–H groups in total. The van der Waals surface area contributed by atoms with Crippen molar-refractivity contribution in [2.24, 2.45) is 0 Å². The minimum Gasteiger partial charge on any atom is -0.394 e.